The van der Waals surface area contributed by atoms with Crippen molar-refractivity contribution < 1.29 is 0 Å². The number of rotatable bonds is 3. The fourth-order valence-corrected chi connectivity index (χ4v) is 1.64. The maximum atomic E-state index is 5.98. The fourth-order valence-electron chi connectivity index (χ4n) is 1.64. The zero-order chi connectivity index (χ0) is 12.4. The topological polar surface area (TPSA) is 26.0 Å². The maximum absolute atomic E-state index is 5.98. The van der Waals surface area contributed by atoms with E-state index in [1.165, 1.54) is 11.1 Å². The van der Waals surface area contributed by atoms with E-state index in [0.29, 0.717) is 0 Å². The summed E-state index contributed by atoms with van der Waals surface area (Å²) in [5.74, 6) is 0. The quantitative estimate of drug-likeness (QED) is 0.825. The van der Waals surface area contributed by atoms with Gasteiger partial charge in [0.2, 0.25) is 0 Å². The molecule has 1 aromatic carbocycles. The molecule has 0 unspecified atom stereocenters. The zero-order valence-corrected chi connectivity index (χ0v) is 11.3. The van der Waals surface area contributed by atoms with Gasteiger partial charge in [0.05, 0.1) is 0 Å². The van der Waals surface area contributed by atoms with Gasteiger partial charge >= 0.3 is 0 Å². The molecule has 0 amide bonds. The molecule has 90 valence electrons. The van der Waals surface area contributed by atoms with E-state index >= 15 is 0 Å². The van der Waals surface area contributed by atoms with Gasteiger partial charge < -0.3 is 5.73 Å². The average Bonchev–Trinajstić information content (AvgIpc) is 2.13. The van der Waals surface area contributed by atoms with Crippen LogP contribution in [0, 0.1) is 0 Å². The summed E-state index contributed by atoms with van der Waals surface area (Å²) in [6, 6.07) is 8.93. The zero-order valence-electron chi connectivity index (χ0n) is 11.3. The standard InChI is InChI=1S/C15H25N/c1-14(2,3)13-8-6-12(7-9-13)10-11-15(4,5)16/h6-9H,10-11,16H2,1-5H3. The van der Waals surface area contributed by atoms with E-state index in [1.54, 1.807) is 0 Å². The van der Waals surface area contributed by atoms with Gasteiger partial charge in [-0.1, -0.05) is 45.0 Å². The van der Waals surface area contributed by atoms with Gasteiger partial charge in [0.1, 0.15) is 0 Å². The number of benzene rings is 1. The third kappa shape index (κ3) is 4.36. The van der Waals surface area contributed by atoms with E-state index in [0.717, 1.165) is 12.8 Å². The van der Waals surface area contributed by atoms with Crippen molar-refractivity contribution >= 4 is 0 Å². The van der Waals surface area contributed by atoms with Crippen LogP contribution < -0.4 is 5.73 Å². The van der Waals surface area contributed by atoms with E-state index in [1.807, 2.05) is 0 Å². The highest BCUT2D eigenvalue weighted by Gasteiger charge is 2.14. The van der Waals surface area contributed by atoms with Crippen LogP contribution in [0.25, 0.3) is 0 Å². The molecule has 0 aliphatic carbocycles. The van der Waals surface area contributed by atoms with Crippen LogP contribution >= 0.6 is 0 Å². The first-order chi connectivity index (χ1) is 7.18. The predicted molar refractivity (Wildman–Crippen MR) is 71.7 cm³/mol. The Morgan fingerprint density at radius 1 is 0.938 bits per heavy atom. The Kier molecular flexibility index (Phi) is 3.80. The molecule has 0 aliphatic rings. The van der Waals surface area contributed by atoms with Crippen molar-refractivity contribution in [3.8, 4) is 0 Å². The minimum atomic E-state index is -0.0668. The molecule has 0 atom stereocenters. The summed E-state index contributed by atoms with van der Waals surface area (Å²) in [7, 11) is 0. The average molecular weight is 219 g/mol. The van der Waals surface area contributed by atoms with E-state index < -0.39 is 0 Å². The molecule has 16 heavy (non-hydrogen) atoms. The fraction of sp³-hybridized carbons (Fsp3) is 0.600. The third-order valence-corrected chi connectivity index (χ3v) is 2.88. The van der Waals surface area contributed by atoms with Gasteiger partial charge in [-0.2, -0.15) is 0 Å². The van der Waals surface area contributed by atoms with Crippen molar-refractivity contribution in [3.05, 3.63) is 35.4 Å². The SMILES string of the molecule is CC(C)(N)CCc1ccc(C(C)(C)C)cc1. The monoisotopic (exact) mass is 219 g/mol. The Hall–Kier alpha value is -0.820. The highest BCUT2D eigenvalue weighted by atomic mass is 14.7. The Balaban J connectivity index is 2.66. The van der Waals surface area contributed by atoms with Gasteiger partial charge in [0, 0.05) is 5.54 Å². The molecule has 0 spiro atoms. The van der Waals surface area contributed by atoms with Crippen LogP contribution in [0.3, 0.4) is 0 Å². The first-order valence-corrected chi connectivity index (χ1v) is 6.07. The van der Waals surface area contributed by atoms with Crippen molar-refractivity contribution in [2.45, 2.75) is 58.4 Å². The van der Waals surface area contributed by atoms with E-state index in [9.17, 15) is 0 Å². The molecule has 0 aliphatic heterocycles. The summed E-state index contributed by atoms with van der Waals surface area (Å²) in [6.45, 7) is 10.9. The first-order valence-electron chi connectivity index (χ1n) is 6.07. The second kappa shape index (κ2) is 4.58. The van der Waals surface area contributed by atoms with Crippen molar-refractivity contribution in [2.24, 2.45) is 5.73 Å². The number of hydrogen-bond donors (Lipinski definition) is 1. The summed E-state index contributed by atoms with van der Waals surface area (Å²) >= 11 is 0. The van der Waals surface area contributed by atoms with Crippen LogP contribution in [0.4, 0.5) is 0 Å². The number of nitrogens with two attached hydrogens (primary N) is 1. The highest BCUT2D eigenvalue weighted by molar-refractivity contribution is 5.27. The van der Waals surface area contributed by atoms with Gasteiger partial charge in [0.15, 0.2) is 0 Å². The van der Waals surface area contributed by atoms with Crippen LogP contribution in [0.1, 0.15) is 52.2 Å². The van der Waals surface area contributed by atoms with Crippen LogP contribution in [-0.2, 0) is 11.8 Å². The van der Waals surface area contributed by atoms with Crippen LogP contribution in [0.15, 0.2) is 24.3 Å². The van der Waals surface area contributed by atoms with Crippen molar-refractivity contribution in [2.75, 3.05) is 0 Å². The molecule has 0 radical (unpaired) electrons. The Bertz CT molecular complexity index is 322. The Morgan fingerprint density at radius 2 is 1.44 bits per heavy atom. The Labute approximate surface area is 100 Å². The molecule has 1 rings (SSSR count). The normalized spacial score (nSPS) is 12.9. The molecule has 1 heteroatoms. The lowest BCUT2D eigenvalue weighted by Crippen LogP contribution is -2.32. The van der Waals surface area contributed by atoms with Crippen molar-refractivity contribution in [1.82, 2.24) is 0 Å². The van der Waals surface area contributed by atoms with Gasteiger partial charge in [-0.25, -0.2) is 0 Å². The summed E-state index contributed by atoms with van der Waals surface area (Å²) in [6.07, 6.45) is 2.09. The number of aryl methyl sites for hydroxylation is 1. The molecule has 0 bridgehead atoms. The lowest BCUT2D eigenvalue weighted by molar-refractivity contribution is 0.476. The molecule has 0 saturated carbocycles. The third-order valence-electron chi connectivity index (χ3n) is 2.88. The first kappa shape index (κ1) is 13.2. The van der Waals surface area contributed by atoms with Crippen molar-refractivity contribution in [3.63, 3.8) is 0 Å². The van der Waals surface area contributed by atoms with Gasteiger partial charge in [-0.3, -0.25) is 0 Å². The summed E-state index contributed by atoms with van der Waals surface area (Å²) in [4.78, 5) is 0. The van der Waals surface area contributed by atoms with E-state index in [2.05, 4.69) is 58.9 Å². The lowest BCUT2D eigenvalue weighted by atomic mass is 9.86. The summed E-state index contributed by atoms with van der Waals surface area (Å²) < 4.78 is 0. The van der Waals surface area contributed by atoms with E-state index in [-0.39, 0.29) is 11.0 Å². The van der Waals surface area contributed by atoms with Crippen molar-refractivity contribution in [1.29, 1.82) is 0 Å². The molecule has 1 nitrogen and oxygen atoms in total. The molecule has 2 N–H and O–H groups in total. The molecular formula is C15H25N. The maximum Gasteiger partial charge on any atom is 0.0100 e. The predicted octanol–water partition coefficient (Wildman–Crippen LogP) is 3.65. The largest absolute Gasteiger partial charge is 0.326 e. The molecule has 0 heterocycles. The van der Waals surface area contributed by atoms with E-state index in [4.69, 9.17) is 5.73 Å². The summed E-state index contributed by atoms with van der Waals surface area (Å²) in [5, 5.41) is 0. The van der Waals surface area contributed by atoms with Crippen LogP contribution in [-0.4, -0.2) is 5.54 Å². The van der Waals surface area contributed by atoms with Gasteiger partial charge in [-0.05, 0) is 43.2 Å². The highest BCUT2D eigenvalue weighted by Crippen LogP contribution is 2.22. The minimum absolute atomic E-state index is 0.0668. The molecule has 1 aromatic rings. The Morgan fingerprint density at radius 3 is 1.81 bits per heavy atom. The second-order valence-electron chi connectivity index (χ2n) is 6.44. The summed E-state index contributed by atoms with van der Waals surface area (Å²) in [5.41, 5.74) is 8.93. The van der Waals surface area contributed by atoms with Gasteiger partial charge in [-0.15, -0.1) is 0 Å². The van der Waals surface area contributed by atoms with Crippen LogP contribution in [0.5, 0.6) is 0 Å². The van der Waals surface area contributed by atoms with Crippen LogP contribution in [0.2, 0.25) is 0 Å². The lowest BCUT2D eigenvalue weighted by Gasteiger charge is -2.20. The minimum Gasteiger partial charge on any atom is -0.326 e. The molecule has 0 fully saturated rings. The molecular weight excluding hydrogens is 194 g/mol. The molecule has 0 aromatic heterocycles. The second-order valence-corrected chi connectivity index (χ2v) is 6.44. The smallest absolute Gasteiger partial charge is 0.0100 e. The van der Waals surface area contributed by atoms with Gasteiger partial charge in [0.25, 0.3) is 0 Å². The number of hydrogen-bond acceptors (Lipinski definition) is 1. The molecule has 0 saturated heterocycles.